The molecule has 1 unspecified atom stereocenters. The van der Waals surface area contributed by atoms with Gasteiger partial charge in [-0.25, -0.2) is 0 Å². The molecular formula is C11H16Cl2N2O2. The number of hydrogen-bond donors (Lipinski definition) is 1. The molecule has 0 aromatic heterocycles. The van der Waals surface area contributed by atoms with Crippen molar-refractivity contribution >= 4 is 29.7 Å². The number of benzene rings is 1. The Morgan fingerprint density at radius 1 is 1.53 bits per heavy atom. The van der Waals surface area contributed by atoms with Crippen molar-refractivity contribution in [3.8, 4) is 0 Å². The summed E-state index contributed by atoms with van der Waals surface area (Å²) in [6.07, 6.45) is 0.928. The fraction of sp³-hybridized carbons (Fsp3) is 0.455. The maximum absolute atomic E-state index is 10.7. The molecule has 96 valence electrons. The molecule has 0 bridgehead atoms. The molecule has 4 nitrogen and oxygen atoms in total. The molecule has 1 aromatic carbocycles. The molecule has 1 aromatic rings. The predicted molar refractivity (Wildman–Crippen MR) is 71.7 cm³/mol. The molecular weight excluding hydrogens is 263 g/mol. The quantitative estimate of drug-likeness (QED) is 0.674. The highest BCUT2D eigenvalue weighted by Gasteiger charge is 2.18. The third kappa shape index (κ3) is 3.84. The standard InChI is InChI=1S/C11H15ClN2O2.ClH/c1-3-7(2)11(13)8-4-5-9(12)10(6-8)14(15)16;/h4-7,11H,3,13H2,1-2H3;1H/t7?,11-;/m0./s1. The fourth-order valence-electron chi connectivity index (χ4n) is 1.46. The normalized spacial score (nSPS) is 13.6. The van der Waals surface area contributed by atoms with Crippen LogP contribution in [-0.4, -0.2) is 4.92 Å². The molecule has 0 fully saturated rings. The Morgan fingerprint density at radius 3 is 2.59 bits per heavy atom. The average molecular weight is 279 g/mol. The van der Waals surface area contributed by atoms with Crippen molar-refractivity contribution in [3.05, 3.63) is 38.9 Å². The lowest BCUT2D eigenvalue weighted by Gasteiger charge is -2.18. The van der Waals surface area contributed by atoms with Gasteiger partial charge in [0, 0.05) is 12.1 Å². The van der Waals surface area contributed by atoms with Crippen molar-refractivity contribution in [2.75, 3.05) is 0 Å². The molecule has 0 aliphatic heterocycles. The van der Waals surface area contributed by atoms with E-state index < -0.39 is 4.92 Å². The first-order valence-corrected chi connectivity index (χ1v) is 5.54. The van der Waals surface area contributed by atoms with Crippen molar-refractivity contribution in [3.63, 3.8) is 0 Å². The molecule has 2 atom stereocenters. The Labute approximate surface area is 112 Å². The second-order valence-corrected chi connectivity index (χ2v) is 4.29. The van der Waals surface area contributed by atoms with Crippen LogP contribution in [0.3, 0.4) is 0 Å². The van der Waals surface area contributed by atoms with E-state index in [9.17, 15) is 10.1 Å². The van der Waals surface area contributed by atoms with Gasteiger partial charge in [-0.05, 0) is 17.5 Å². The van der Waals surface area contributed by atoms with E-state index in [0.29, 0.717) is 0 Å². The van der Waals surface area contributed by atoms with Crippen LogP contribution < -0.4 is 5.73 Å². The highest BCUT2D eigenvalue weighted by molar-refractivity contribution is 6.32. The lowest BCUT2D eigenvalue weighted by atomic mass is 9.93. The Balaban J connectivity index is 0.00000256. The number of nitro groups is 1. The SMILES string of the molecule is CCC(C)[C@H](N)c1ccc(Cl)c([N+](=O)[O-])c1.Cl. The van der Waals surface area contributed by atoms with Gasteiger partial charge in [0.2, 0.25) is 0 Å². The van der Waals surface area contributed by atoms with Crippen LogP contribution in [0.2, 0.25) is 5.02 Å². The molecule has 2 N–H and O–H groups in total. The van der Waals surface area contributed by atoms with Gasteiger partial charge in [-0.3, -0.25) is 10.1 Å². The molecule has 0 amide bonds. The molecule has 0 saturated heterocycles. The topological polar surface area (TPSA) is 69.2 Å². The molecule has 17 heavy (non-hydrogen) atoms. The van der Waals surface area contributed by atoms with Gasteiger partial charge in [-0.1, -0.05) is 37.9 Å². The van der Waals surface area contributed by atoms with Crippen LogP contribution in [-0.2, 0) is 0 Å². The van der Waals surface area contributed by atoms with Crippen molar-refractivity contribution in [2.45, 2.75) is 26.3 Å². The molecule has 0 spiro atoms. The summed E-state index contributed by atoms with van der Waals surface area (Å²) in [5, 5.41) is 10.9. The van der Waals surface area contributed by atoms with Crippen molar-refractivity contribution in [2.24, 2.45) is 11.7 Å². The van der Waals surface area contributed by atoms with Crippen LogP contribution in [0.1, 0.15) is 31.9 Å². The highest BCUT2D eigenvalue weighted by Crippen LogP contribution is 2.30. The summed E-state index contributed by atoms with van der Waals surface area (Å²) in [7, 11) is 0. The monoisotopic (exact) mass is 278 g/mol. The summed E-state index contributed by atoms with van der Waals surface area (Å²) in [5.41, 5.74) is 6.67. The van der Waals surface area contributed by atoms with Crippen LogP contribution in [0.25, 0.3) is 0 Å². The Kier molecular flexibility index (Phi) is 6.45. The largest absolute Gasteiger partial charge is 0.324 e. The van der Waals surface area contributed by atoms with E-state index >= 15 is 0 Å². The summed E-state index contributed by atoms with van der Waals surface area (Å²) in [6.45, 7) is 4.06. The second-order valence-electron chi connectivity index (χ2n) is 3.88. The first kappa shape index (κ1) is 16.2. The third-order valence-electron chi connectivity index (χ3n) is 2.81. The molecule has 6 heteroatoms. The van der Waals surface area contributed by atoms with E-state index in [2.05, 4.69) is 0 Å². The van der Waals surface area contributed by atoms with E-state index in [1.165, 1.54) is 12.1 Å². The van der Waals surface area contributed by atoms with E-state index in [1.807, 2.05) is 13.8 Å². The third-order valence-corrected chi connectivity index (χ3v) is 3.13. The van der Waals surface area contributed by atoms with E-state index in [0.717, 1.165) is 12.0 Å². The Morgan fingerprint density at radius 2 is 2.12 bits per heavy atom. The van der Waals surface area contributed by atoms with Gasteiger partial charge in [0.1, 0.15) is 5.02 Å². The number of hydrogen-bond acceptors (Lipinski definition) is 3. The molecule has 0 radical (unpaired) electrons. The van der Waals surface area contributed by atoms with Crippen LogP contribution >= 0.6 is 24.0 Å². The summed E-state index contributed by atoms with van der Waals surface area (Å²) >= 11 is 5.73. The van der Waals surface area contributed by atoms with Crippen molar-refractivity contribution in [1.29, 1.82) is 0 Å². The minimum absolute atomic E-state index is 0. The Hall–Kier alpha value is -0.840. The number of nitrogens with two attached hydrogens (primary N) is 1. The molecule has 0 heterocycles. The highest BCUT2D eigenvalue weighted by atomic mass is 35.5. The lowest BCUT2D eigenvalue weighted by Crippen LogP contribution is -2.18. The maximum Gasteiger partial charge on any atom is 0.288 e. The van der Waals surface area contributed by atoms with Crippen LogP contribution in [0.15, 0.2) is 18.2 Å². The minimum Gasteiger partial charge on any atom is -0.324 e. The summed E-state index contributed by atoms with van der Waals surface area (Å²) < 4.78 is 0. The number of nitro benzene ring substituents is 1. The van der Waals surface area contributed by atoms with Gasteiger partial charge in [0.15, 0.2) is 0 Å². The predicted octanol–water partition coefficient (Wildman–Crippen LogP) is 3.72. The second kappa shape index (κ2) is 6.79. The first-order valence-electron chi connectivity index (χ1n) is 5.16. The van der Waals surface area contributed by atoms with E-state index in [1.54, 1.807) is 6.07 Å². The zero-order chi connectivity index (χ0) is 12.3. The molecule has 0 saturated carbocycles. The first-order chi connectivity index (χ1) is 7.47. The number of rotatable bonds is 4. The molecule has 0 aliphatic rings. The van der Waals surface area contributed by atoms with Crippen LogP contribution in [0.5, 0.6) is 0 Å². The fourth-order valence-corrected chi connectivity index (χ4v) is 1.65. The van der Waals surface area contributed by atoms with Gasteiger partial charge < -0.3 is 5.73 Å². The molecule has 0 aliphatic carbocycles. The van der Waals surface area contributed by atoms with Gasteiger partial charge in [-0.2, -0.15) is 0 Å². The van der Waals surface area contributed by atoms with Gasteiger partial charge in [0.25, 0.3) is 5.69 Å². The summed E-state index contributed by atoms with van der Waals surface area (Å²) in [6, 6.07) is 4.53. The number of nitrogens with zero attached hydrogens (tertiary/aromatic N) is 1. The smallest absolute Gasteiger partial charge is 0.288 e. The lowest BCUT2D eigenvalue weighted by molar-refractivity contribution is -0.384. The zero-order valence-corrected chi connectivity index (χ0v) is 11.3. The summed E-state index contributed by atoms with van der Waals surface area (Å²) in [5.74, 6) is 0.278. The van der Waals surface area contributed by atoms with Gasteiger partial charge in [0.05, 0.1) is 4.92 Å². The van der Waals surface area contributed by atoms with Gasteiger partial charge in [-0.15, -0.1) is 12.4 Å². The van der Waals surface area contributed by atoms with Crippen LogP contribution in [0.4, 0.5) is 5.69 Å². The van der Waals surface area contributed by atoms with Gasteiger partial charge >= 0.3 is 0 Å². The molecule has 1 rings (SSSR count). The maximum atomic E-state index is 10.7. The Bertz CT molecular complexity index is 399. The van der Waals surface area contributed by atoms with E-state index in [4.69, 9.17) is 17.3 Å². The average Bonchev–Trinajstić information content (AvgIpc) is 2.27. The summed E-state index contributed by atoms with van der Waals surface area (Å²) in [4.78, 5) is 10.2. The van der Waals surface area contributed by atoms with Crippen molar-refractivity contribution < 1.29 is 4.92 Å². The van der Waals surface area contributed by atoms with Crippen molar-refractivity contribution in [1.82, 2.24) is 0 Å². The number of halogens is 2. The zero-order valence-electron chi connectivity index (χ0n) is 9.72. The van der Waals surface area contributed by atoms with E-state index in [-0.39, 0.29) is 35.1 Å². The minimum atomic E-state index is -0.491. The van der Waals surface area contributed by atoms with Crippen LogP contribution in [0, 0.1) is 16.0 Å².